The second-order valence-electron chi connectivity index (χ2n) is 5.84. The van der Waals surface area contributed by atoms with Gasteiger partial charge >= 0.3 is 0 Å². The van der Waals surface area contributed by atoms with Gasteiger partial charge < -0.3 is 10.6 Å². The monoisotopic (exact) mass is 248 g/mol. The predicted molar refractivity (Wildman–Crippen MR) is 77.6 cm³/mol. The minimum absolute atomic E-state index is 0.00732. The van der Waals surface area contributed by atoms with Crippen LogP contribution < -0.4 is 10.6 Å². The van der Waals surface area contributed by atoms with Crippen molar-refractivity contribution in [2.45, 2.75) is 40.5 Å². The van der Waals surface area contributed by atoms with Crippen molar-refractivity contribution in [2.24, 2.45) is 5.41 Å². The van der Waals surface area contributed by atoms with Crippen molar-refractivity contribution >= 4 is 17.3 Å². The zero-order valence-electron chi connectivity index (χ0n) is 11.9. The highest BCUT2D eigenvalue weighted by Crippen LogP contribution is 2.27. The number of rotatable bonds is 4. The third kappa shape index (κ3) is 4.06. The van der Waals surface area contributed by atoms with Crippen molar-refractivity contribution in [2.75, 3.05) is 17.2 Å². The highest BCUT2D eigenvalue weighted by Gasteiger charge is 2.22. The number of carbonyl (C=O) groups excluding carboxylic acids is 1. The fourth-order valence-corrected chi connectivity index (χ4v) is 1.89. The number of hydrogen-bond donors (Lipinski definition) is 1. The van der Waals surface area contributed by atoms with Crippen LogP contribution in [0.3, 0.4) is 0 Å². The minimum atomic E-state index is -0.00732. The molecule has 0 saturated carbocycles. The Bertz CT molecular complexity index is 407. The van der Waals surface area contributed by atoms with Crippen LogP contribution in [0.25, 0.3) is 0 Å². The zero-order valence-corrected chi connectivity index (χ0v) is 11.9. The van der Waals surface area contributed by atoms with Gasteiger partial charge in [-0.1, -0.05) is 39.8 Å². The van der Waals surface area contributed by atoms with Gasteiger partial charge in [0.05, 0.1) is 11.4 Å². The Hall–Kier alpha value is -1.51. The average Bonchev–Trinajstić information content (AvgIpc) is 2.24. The van der Waals surface area contributed by atoms with Crippen LogP contribution in [-0.2, 0) is 4.79 Å². The lowest BCUT2D eigenvalue weighted by atomic mass is 9.91. The maximum Gasteiger partial charge on any atom is 0.227 e. The summed E-state index contributed by atoms with van der Waals surface area (Å²) < 4.78 is 0. The predicted octanol–water partition coefficient (Wildman–Crippen LogP) is 3.45. The van der Waals surface area contributed by atoms with Crippen LogP contribution in [0.4, 0.5) is 11.4 Å². The Kier molecular flexibility index (Phi) is 4.76. The van der Waals surface area contributed by atoms with E-state index in [1.807, 2.05) is 24.3 Å². The van der Waals surface area contributed by atoms with Gasteiger partial charge in [0.1, 0.15) is 0 Å². The van der Waals surface area contributed by atoms with Crippen molar-refractivity contribution < 1.29 is 4.79 Å². The molecule has 3 heteroatoms. The van der Waals surface area contributed by atoms with Gasteiger partial charge in [-0.15, -0.1) is 0 Å². The molecule has 1 aromatic carbocycles. The first-order valence-corrected chi connectivity index (χ1v) is 6.50. The Morgan fingerprint density at radius 3 is 2.39 bits per heavy atom. The summed E-state index contributed by atoms with van der Waals surface area (Å²) in [6, 6.07) is 7.55. The summed E-state index contributed by atoms with van der Waals surface area (Å²) in [5.74, 6) is 0.141. The number of para-hydroxylation sites is 2. The third-order valence-electron chi connectivity index (χ3n) is 2.66. The molecule has 1 amide bonds. The molecule has 0 atom stereocenters. The fourth-order valence-electron chi connectivity index (χ4n) is 1.89. The Morgan fingerprint density at radius 2 is 1.89 bits per heavy atom. The van der Waals surface area contributed by atoms with E-state index in [4.69, 9.17) is 5.73 Å². The van der Waals surface area contributed by atoms with Crippen molar-refractivity contribution in [3.8, 4) is 0 Å². The average molecular weight is 248 g/mol. The van der Waals surface area contributed by atoms with Crippen molar-refractivity contribution in [3.63, 3.8) is 0 Å². The van der Waals surface area contributed by atoms with E-state index in [9.17, 15) is 4.79 Å². The van der Waals surface area contributed by atoms with Gasteiger partial charge in [-0.05, 0) is 24.0 Å². The van der Waals surface area contributed by atoms with E-state index in [0.29, 0.717) is 18.7 Å². The van der Waals surface area contributed by atoms with E-state index < -0.39 is 0 Å². The Labute approximate surface area is 110 Å². The first kappa shape index (κ1) is 14.6. The summed E-state index contributed by atoms with van der Waals surface area (Å²) in [7, 11) is 0. The lowest BCUT2D eigenvalue weighted by Gasteiger charge is -2.27. The second-order valence-corrected chi connectivity index (χ2v) is 5.84. The van der Waals surface area contributed by atoms with Crippen LogP contribution in [0.15, 0.2) is 24.3 Å². The third-order valence-corrected chi connectivity index (χ3v) is 2.66. The number of amides is 1. The van der Waals surface area contributed by atoms with Gasteiger partial charge in [-0.25, -0.2) is 0 Å². The van der Waals surface area contributed by atoms with Crippen LogP contribution >= 0.6 is 0 Å². The van der Waals surface area contributed by atoms with Gasteiger partial charge in [0.2, 0.25) is 5.91 Å². The van der Waals surface area contributed by atoms with Gasteiger partial charge in [0, 0.05) is 13.0 Å². The topological polar surface area (TPSA) is 46.3 Å². The molecule has 0 heterocycles. The van der Waals surface area contributed by atoms with Crippen LogP contribution in [0.1, 0.15) is 40.5 Å². The molecule has 0 bridgehead atoms. The molecule has 2 N–H and O–H groups in total. The van der Waals surface area contributed by atoms with Gasteiger partial charge in [-0.3, -0.25) is 4.79 Å². The standard InChI is InChI=1S/C15H24N2O/c1-5-10-17(14(18)11-15(2,3)4)13-9-7-6-8-12(13)16/h6-9H,5,10-11,16H2,1-4H3. The van der Waals surface area contributed by atoms with E-state index in [2.05, 4.69) is 27.7 Å². The summed E-state index contributed by atoms with van der Waals surface area (Å²) in [5, 5.41) is 0. The lowest BCUT2D eigenvalue weighted by Crippen LogP contribution is -2.34. The molecular weight excluding hydrogens is 224 g/mol. The molecule has 0 aliphatic rings. The fraction of sp³-hybridized carbons (Fsp3) is 0.533. The van der Waals surface area contributed by atoms with E-state index in [1.54, 1.807) is 4.90 Å². The molecule has 3 nitrogen and oxygen atoms in total. The van der Waals surface area contributed by atoms with Crippen LogP contribution in [0, 0.1) is 5.41 Å². The molecule has 0 aliphatic carbocycles. The van der Waals surface area contributed by atoms with Gasteiger partial charge in [-0.2, -0.15) is 0 Å². The van der Waals surface area contributed by atoms with Crippen molar-refractivity contribution in [1.29, 1.82) is 0 Å². The van der Waals surface area contributed by atoms with Crippen LogP contribution in [-0.4, -0.2) is 12.5 Å². The largest absolute Gasteiger partial charge is 0.397 e. The maximum atomic E-state index is 12.4. The molecule has 0 radical (unpaired) electrons. The van der Waals surface area contributed by atoms with Crippen molar-refractivity contribution in [3.05, 3.63) is 24.3 Å². The van der Waals surface area contributed by atoms with Crippen molar-refractivity contribution in [1.82, 2.24) is 0 Å². The normalized spacial score (nSPS) is 11.3. The molecule has 0 aliphatic heterocycles. The number of benzene rings is 1. The quantitative estimate of drug-likeness (QED) is 0.830. The minimum Gasteiger partial charge on any atom is -0.397 e. The molecule has 0 aromatic heterocycles. The number of nitrogens with two attached hydrogens (primary N) is 1. The summed E-state index contributed by atoms with van der Waals surface area (Å²) in [4.78, 5) is 14.2. The zero-order chi connectivity index (χ0) is 13.8. The molecule has 18 heavy (non-hydrogen) atoms. The molecule has 1 rings (SSSR count). The van der Waals surface area contributed by atoms with Crippen LogP contribution in [0.5, 0.6) is 0 Å². The second kappa shape index (κ2) is 5.89. The van der Waals surface area contributed by atoms with E-state index in [-0.39, 0.29) is 11.3 Å². The molecule has 0 saturated heterocycles. The molecule has 0 fully saturated rings. The first-order valence-electron chi connectivity index (χ1n) is 6.50. The number of hydrogen-bond acceptors (Lipinski definition) is 2. The molecule has 100 valence electrons. The number of carbonyl (C=O) groups is 1. The van der Waals surface area contributed by atoms with E-state index in [1.165, 1.54) is 0 Å². The SMILES string of the molecule is CCCN(C(=O)CC(C)(C)C)c1ccccc1N. The van der Waals surface area contributed by atoms with Gasteiger partial charge in [0.15, 0.2) is 0 Å². The summed E-state index contributed by atoms with van der Waals surface area (Å²) in [6.45, 7) is 9.00. The maximum absolute atomic E-state index is 12.4. The Morgan fingerprint density at radius 1 is 1.28 bits per heavy atom. The first-order chi connectivity index (χ1) is 8.35. The smallest absolute Gasteiger partial charge is 0.227 e. The Balaban J connectivity index is 2.96. The number of nitrogens with zero attached hydrogens (tertiary/aromatic N) is 1. The summed E-state index contributed by atoms with van der Waals surface area (Å²) in [5.41, 5.74) is 7.44. The summed E-state index contributed by atoms with van der Waals surface area (Å²) in [6.07, 6.45) is 1.45. The van der Waals surface area contributed by atoms with Gasteiger partial charge in [0.25, 0.3) is 0 Å². The summed E-state index contributed by atoms with van der Waals surface area (Å²) >= 11 is 0. The molecular formula is C15H24N2O. The highest BCUT2D eigenvalue weighted by molar-refractivity contribution is 5.96. The van der Waals surface area contributed by atoms with E-state index >= 15 is 0 Å². The molecule has 1 aromatic rings. The number of anilines is 2. The highest BCUT2D eigenvalue weighted by atomic mass is 16.2. The lowest BCUT2D eigenvalue weighted by molar-refractivity contribution is -0.120. The molecule has 0 spiro atoms. The van der Waals surface area contributed by atoms with E-state index in [0.717, 1.165) is 12.1 Å². The van der Waals surface area contributed by atoms with Crippen LogP contribution in [0.2, 0.25) is 0 Å². The number of nitrogen functional groups attached to an aromatic ring is 1. The molecule has 0 unspecified atom stereocenters.